The number of hydrogen-bond acceptors (Lipinski definition) is 5. The minimum atomic E-state index is -4.17. The summed E-state index contributed by atoms with van der Waals surface area (Å²) in [7, 11) is -1.30. The van der Waals surface area contributed by atoms with E-state index in [2.05, 4.69) is 5.32 Å². The molecule has 0 aromatic heterocycles. The molecule has 1 amide bonds. The molecule has 0 saturated heterocycles. The molecule has 0 atom stereocenters. The van der Waals surface area contributed by atoms with E-state index in [1.807, 2.05) is 0 Å². The van der Waals surface area contributed by atoms with Gasteiger partial charge in [0.15, 0.2) is 0 Å². The zero-order valence-corrected chi connectivity index (χ0v) is 19.4. The first-order chi connectivity index (χ1) is 15.6. The number of para-hydroxylation sites is 1. The van der Waals surface area contributed by atoms with Gasteiger partial charge in [-0.3, -0.25) is 9.10 Å². The molecule has 33 heavy (non-hydrogen) atoms. The van der Waals surface area contributed by atoms with Crippen molar-refractivity contribution in [2.24, 2.45) is 0 Å². The molecule has 2 N–H and O–H groups in total. The SMILES string of the molecule is COc1ccc(NC(=O)c2ccccc2N(C)S(=O)(=O)c2cc(C(=O)O)cc(C)c2C)cc1. The number of carboxylic acids is 1. The van der Waals surface area contributed by atoms with Crippen molar-refractivity contribution in [3.63, 3.8) is 0 Å². The number of methoxy groups -OCH3 is 1. The van der Waals surface area contributed by atoms with E-state index in [0.29, 0.717) is 22.6 Å². The first kappa shape index (κ1) is 23.8. The lowest BCUT2D eigenvalue weighted by atomic mass is 10.1. The molecule has 0 aliphatic heterocycles. The third kappa shape index (κ3) is 4.83. The van der Waals surface area contributed by atoms with Crippen LogP contribution in [0.5, 0.6) is 5.75 Å². The summed E-state index contributed by atoms with van der Waals surface area (Å²) in [4.78, 5) is 24.3. The summed E-state index contributed by atoms with van der Waals surface area (Å²) in [6.45, 7) is 3.26. The summed E-state index contributed by atoms with van der Waals surface area (Å²) >= 11 is 0. The Bertz CT molecular complexity index is 1320. The number of rotatable bonds is 7. The van der Waals surface area contributed by atoms with Crippen molar-refractivity contribution >= 4 is 33.3 Å². The number of nitrogens with one attached hydrogen (secondary N) is 1. The van der Waals surface area contributed by atoms with Crippen LogP contribution in [0, 0.1) is 13.8 Å². The maximum Gasteiger partial charge on any atom is 0.335 e. The first-order valence-corrected chi connectivity index (χ1v) is 11.4. The lowest BCUT2D eigenvalue weighted by Gasteiger charge is -2.23. The van der Waals surface area contributed by atoms with Crippen LogP contribution in [-0.4, -0.2) is 39.6 Å². The highest BCUT2D eigenvalue weighted by Gasteiger charge is 2.28. The second-order valence-corrected chi connectivity index (χ2v) is 9.33. The lowest BCUT2D eigenvalue weighted by molar-refractivity contribution is 0.0696. The quantitative estimate of drug-likeness (QED) is 0.540. The van der Waals surface area contributed by atoms with E-state index < -0.39 is 21.9 Å². The Labute approximate surface area is 192 Å². The van der Waals surface area contributed by atoms with Crippen molar-refractivity contribution in [3.05, 3.63) is 82.9 Å². The molecule has 0 bridgehead atoms. The molecule has 3 aromatic rings. The molecule has 0 unspecified atom stereocenters. The van der Waals surface area contributed by atoms with E-state index in [1.165, 1.54) is 32.4 Å². The fourth-order valence-electron chi connectivity index (χ4n) is 3.31. The maximum atomic E-state index is 13.5. The van der Waals surface area contributed by atoms with E-state index in [9.17, 15) is 23.1 Å². The Kier molecular flexibility index (Phi) is 6.73. The van der Waals surface area contributed by atoms with Gasteiger partial charge < -0.3 is 15.2 Å². The van der Waals surface area contributed by atoms with Crippen molar-refractivity contribution in [2.75, 3.05) is 23.8 Å². The van der Waals surface area contributed by atoms with E-state index in [1.54, 1.807) is 50.2 Å². The predicted octanol–water partition coefficient (Wildman–Crippen LogP) is 4.09. The Hall–Kier alpha value is -3.85. The molecule has 0 aliphatic rings. The number of aromatic carboxylic acids is 1. The minimum absolute atomic E-state index is 0.129. The van der Waals surface area contributed by atoms with Gasteiger partial charge in [-0.25, -0.2) is 13.2 Å². The largest absolute Gasteiger partial charge is 0.497 e. The molecule has 0 spiro atoms. The number of carbonyl (C=O) groups excluding carboxylic acids is 1. The molecule has 8 nitrogen and oxygen atoms in total. The fourth-order valence-corrected chi connectivity index (χ4v) is 4.85. The first-order valence-electron chi connectivity index (χ1n) is 9.94. The van der Waals surface area contributed by atoms with Gasteiger partial charge >= 0.3 is 5.97 Å². The monoisotopic (exact) mass is 468 g/mol. The third-order valence-electron chi connectivity index (χ3n) is 5.34. The Morgan fingerprint density at radius 3 is 2.24 bits per heavy atom. The van der Waals surface area contributed by atoms with Gasteiger partial charge in [0.05, 0.1) is 28.8 Å². The van der Waals surface area contributed by atoms with E-state index in [0.717, 1.165) is 10.4 Å². The van der Waals surface area contributed by atoms with Gasteiger partial charge in [0, 0.05) is 12.7 Å². The molecule has 0 aliphatic carbocycles. The van der Waals surface area contributed by atoms with Crippen LogP contribution < -0.4 is 14.4 Å². The smallest absolute Gasteiger partial charge is 0.335 e. The molecular formula is C24H24N2O6S. The number of sulfonamides is 1. The van der Waals surface area contributed by atoms with Gasteiger partial charge in [0.25, 0.3) is 15.9 Å². The minimum Gasteiger partial charge on any atom is -0.497 e. The van der Waals surface area contributed by atoms with Gasteiger partial charge in [-0.15, -0.1) is 0 Å². The Morgan fingerprint density at radius 2 is 1.64 bits per heavy atom. The van der Waals surface area contributed by atoms with Crippen LogP contribution in [0.25, 0.3) is 0 Å². The summed E-state index contributed by atoms with van der Waals surface area (Å²) in [5.74, 6) is -1.09. The van der Waals surface area contributed by atoms with E-state index in [-0.39, 0.29) is 21.7 Å². The zero-order valence-electron chi connectivity index (χ0n) is 18.6. The predicted molar refractivity (Wildman–Crippen MR) is 126 cm³/mol. The van der Waals surface area contributed by atoms with Crippen LogP contribution in [0.3, 0.4) is 0 Å². The fraction of sp³-hybridized carbons (Fsp3) is 0.167. The van der Waals surface area contributed by atoms with Crippen LogP contribution in [0.2, 0.25) is 0 Å². The van der Waals surface area contributed by atoms with E-state index >= 15 is 0 Å². The molecule has 3 aromatic carbocycles. The van der Waals surface area contributed by atoms with Crippen LogP contribution in [0.1, 0.15) is 31.8 Å². The number of hydrogen-bond donors (Lipinski definition) is 2. The number of carbonyl (C=O) groups is 2. The van der Waals surface area contributed by atoms with Crippen LogP contribution in [0.15, 0.2) is 65.6 Å². The third-order valence-corrected chi connectivity index (χ3v) is 7.24. The highest BCUT2D eigenvalue weighted by atomic mass is 32.2. The molecule has 172 valence electrons. The molecule has 9 heteroatoms. The second-order valence-electron chi connectivity index (χ2n) is 7.39. The molecular weight excluding hydrogens is 444 g/mol. The highest BCUT2D eigenvalue weighted by Crippen LogP contribution is 2.30. The number of nitrogens with zero attached hydrogens (tertiary/aromatic N) is 1. The number of ether oxygens (including phenoxy) is 1. The summed E-state index contributed by atoms with van der Waals surface area (Å²) in [6.07, 6.45) is 0. The van der Waals surface area contributed by atoms with Gasteiger partial charge in [-0.2, -0.15) is 0 Å². The van der Waals surface area contributed by atoms with Crippen LogP contribution >= 0.6 is 0 Å². The summed E-state index contributed by atoms with van der Waals surface area (Å²) in [5.41, 5.74) is 1.65. The number of amides is 1. The number of anilines is 2. The van der Waals surface area contributed by atoms with Gasteiger partial charge in [0.2, 0.25) is 0 Å². The molecule has 0 radical (unpaired) electrons. The van der Waals surface area contributed by atoms with Crippen molar-refractivity contribution in [2.45, 2.75) is 18.7 Å². The average molecular weight is 469 g/mol. The van der Waals surface area contributed by atoms with Crippen molar-refractivity contribution < 1.29 is 27.9 Å². The zero-order chi connectivity index (χ0) is 24.3. The lowest BCUT2D eigenvalue weighted by Crippen LogP contribution is -2.30. The standard InChI is InChI=1S/C24H24N2O6S/c1-15-13-17(24(28)29)14-22(16(15)2)33(30,31)26(3)21-8-6-5-7-20(21)23(27)25-18-9-11-19(32-4)12-10-18/h5-14H,1-4H3,(H,25,27)(H,28,29). The average Bonchev–Trinajstić information content (AvgIpc) is 2.80. The molecule has 0 heterocycles. The molecule has 3 rings (SSSR count). The summed E-state index contributed by atoms with van der Waals surface area (Å²) in [6, 6.07) is 15.6. The van der Waals surface area contributed by atoms with Crippen molar-refractivity contribution in [1.29, 1.82) is 0 Å². The highest BCUT2D eigenvalue weighted by molar-refractivity contribution is 7.92. The number of carboxylic acid groups (broad SMARTS) is 1. The normalized spacial score (nSPS) is 11.0. The summed E-state index contributed by atoms with van der Waals surface area (Å²) < 4.78 is 33.0. The van der Waals surface area contributed by atoms with Crippen LogP contribution in [0.4, 0.5) is 11.4 Å². The van der Waals surface area contributed by atoms with Crippen LogP contribution in [-0.2, 0) is 10.0 Å². The van der Waals surface area contributed by atoms with Gasteiger partial charge in [-0.1, -0.05) is 12.1 Å². The van der Waals surface area contributed by atoms with Gasteiger partial charge in [0.1, 0.15) is 5.75 Å². The van der Waals surface area contributed by atoms with Crippen molar-refractivity contribution in [3.8, 4) is 5.75 Å². The number of benzene rings is 3. The maximum absolute atomic E-state index is 13.5. The topological polar surface area (TPSA) is 113 Å². The second kappa shape index (κ2) is 9.33. The Balaban J connectivity index is 2.00. The number of aryl methyl sites for hydroxylation is 1. The van der Waals surface area contributed by atoms with Crippen molar-refractivity contribution in [1.82, 2.24) is 0 Å². The molecule has 0 saturated carbocycles. The summed E-state index contributed by atoms with van der Waals surface area (Å²) in [5, 5.41) is 12.1. The Morgan fingerprint density at radius 1 is 1.00 bits per heavy atom. The molecule has 0 fully saturated rings. The van der Waals surface area contributed by atoms with Gasteiger partial charge in [-0.05, 0) is 73.5 Å². The van der Waals surface area contributed by atoms with E-state index in [4.69, 9.17) is 4.74 Å².